The number of pyridine rings is 1. The lowest BCUT2D eigenvalue weighted by Gasteiger charge is -2.34. The zero-order chi connectivity index (χ0) is 16.3. The summed E-state index contributed by atoms with van der Waals surface area (Å²) < 4.78 is 0. The third kappa shape index (κ3) is 3.20. The van der Waals surface area contributed by atoms with E-state index in [1.54, 1.807) is 6.92 Å². The second kappa shape index (κ2) is 6.75. The van der Waals surface area contributed by atoms with Gasteiger partial charge in [0, 0.05) is 37.8 Å². The predicted octanol–water partition coefficient (Wildman–Crippen LogP) is 0.616. The Kier molecular flexibility index (Phi) is 4.99. The number of rotatable bonds is 3. The van der Waals surface area contributed by atoms with Crippen molar-refractivity contribution in [2.45, 2.75) is 39.7 Å². The molecule has 2 heterocycles. The molecule has 1 saturated heterocycles. The summed E-state index contributed by atoms with van der Waals surface area (Å²) in [6.45, 7) is 7.99. The molecule has 1 amide bonds. The normalized spacial score (nSPS) is 18.1. The molecule has 118 valence electrons. The number of aromatic nitrogens is 1. The third-order valence-electron chi connectivity index (χ3n) is 4.33. The first-order chi connectivity index (χ1) is 10.5. The van der Waals surface area contributed by atoms with Crippen LogP contribution in [-0.4, -0.2) is 41.5 Å². The summed E-state index contributed by atoms with van der Waals surface area (Å²) in [7, 11) is 0. The Hall–Kier alpha value is -2.13. The third-order valence-corrected chi connectivity index (χ3v) is 4.33. The van der Waals surface area contributed by atoms with Crippen molar-refractivity contribution in [3.05, 3.63) is 32.7 Å². The number of H-pyrrole nitrogens is 1. The molecule has 0 unspecified atom stereocenters. The number of nitrogens with one attached hydrogen (secondary N) is 2. The minimum absolute atomic E-state index is 0.123. The van der Waals surface area contributed by atoms with Crippen LogP contribution < -0.4 is 10.9 Å². The highest BCUT2D eigenvalue weighted by Gasteiger charge is 2.23. The number of aromatic amines is 1. The van der Waals surface area contributed by atoms with Gasteiger partial charge in [0.1, 0.15) is 11.6 Å². The number of hydrogen-bond donors (Lipinski definition) is 2. The maximum absolute atomic E-state index is 12.4. The zero-order valence-corrected chi connectivity index (χ0v) is 13.3. The fourth-order valence-electron chi connectivity index (χ4n) is 3.01. The van der Waals surface area contributed by atoms with Gasteiger partial charge < -0.3 is 15.2 Å². The number of nitrogens with zero attached hydrogens (tertiary/aromatic N) is 2. The maximum Gasteiger partial charge on any atom is 0.266 e. The first-order valence-electron chi connectivity index (χ1n) is 7.58. The van der Waals surface area contributed by atoms with Gasteiger partial charge in [-0.25, -0.2) is 0 Å². The van der Waals surface area contributed by atoms with E-state index in [2.05, 4.69) is 10.3 Å². The van der Waals surface area contributed by atoms with Crippen LogP contribution in [0.5, 0.6) is 0 Å². The van der Waals surface area contributed by atoms with Crippen LogP contribution in [0.4, 0.5) is 0 Å². The van der Waals surface area contributed by atoms with Crippen LogP contribution in [-0.2, 0) is 11.2 Å². The summed E-state index contributed by atoms with van der Waals surface area (Å²) in [6.07, 6.45) is 0.932. The molecule has 1 aliphatic heterocycles. The molecule has 0 bridgehead atoms. The first-order valence-corrected chi connectivity index (χ1v) is 7.58. The monoisotopic (exact) mass is 302 g/mol. The predicted molar refractivity (Wildman–Crippen MR) is 83.6 cm³/mol. The molecule has 1 aromatic heterocycles. The van der Waals surface area contributed by atoms with Crippen molar-refractivity contribution in [2.75, 3.05) is 19.6 Å². The Morgan fingerprint density at radius 2 is 2.18 bits per heavy atom. The standard InChI is InChI=1S/C16H22N4O2/c1-10-9-18-6-7-20(10)15(21)5-4-13-11(2)14(8-17)16(22)19-12(13)3/h10,18H,4-7,9H2,1-3H3,(H,19,22)/t10-/m0/s1. The number of nitriles is 1. The van der Waals surface area contributed by atoms with Crippen molar-refractivity contribution in [3.63, 3.8) is 0 Å². The Morgan fingerprint density at radius 3 is 2.82 bits per heavy atom. The van der Waals surface area contributed by atoms with Crippen molar-refractivity contribution in [2.24, 2.45) is 0 Å². The minimum atomic E-state index is -0.358. The van der Waals surface area contributed by atoms with Crippen molar-refractivity contribution in [1.82, 2.24) is 15.2 Å². The van der Waals surface area contributed by atoms with Gasteiger partial charge in [0.05, 0.1) is 0 Å². The molecule has 0 saturated carbocycles. The molecule has 0 spiro atoms. The van der Waals surface area contributed by atoms with Gasteiger partial charge >= 0.3 is 0 Å². The van der Waals surface area contributed by atoms with Crippen LogP contribution in [0.1, 0.15) is 35.7 Å². The van der Waals surface area contributed by atoms with E-state index in [1.165, 1.54) is 0 Å². The molecule has 2 rings (SSSR count). The Balaban J connectivity index is 2.13. The van der Waals surface area contributed by atoms with E-state index in [0.29, 0.717) is 18.4 Å². The van der Waals surface area contributed by atoms with Gasteiger partial charge in [-0.05, 0) is 38.3 Å². The van der Waals surface area contributed by atoms with Crippen molar-refractivity contribution in [1.29, 1.82) is 5.26 Å². The lowest BCUT2D eigenvalue weighted by atomic mass is 9.98. The SMILES string of the molecule is Cc1[nH]c(=O)c(C#N)c(C)c1CCC(=O)N1CCNC[C@@H]1C. The summed E-state index contributed by atoms with van der Waals surface area (Å²) in [6, 6.07) is 2.14. The summed E-state index contributed by atoms with van der Waals surface area (Å²) in [5.74, 6) is 0.123. The average molecular weight is 302 g/mol. The van der Waals surface area contributed by atoms with Gasteiger partial charge in [0.2, 0.25) is 5.91 Å². The number of hydrogen-bond acceptors (Lipinski definition) is 4. The molecule has 0 aromatic carbocycles. The number of aryl methyl sites for hydroxylation is 1. The Bertz CT molecular complexity index is 672. The largest absolute Gasteiger partial charge is 0.337 e. The van der Waals surface area contributed by atoms with Gasteiger partial charge in [0.25, 0.3) is 5.56 Å². The Labute approximate surface area is 130 Å². The second-order valence-electron chi connectivity index (χ2n) is 5.81. The van der Waals surface area contributed by atoms with E-state index in [9.17, 15) is 9.59 Å². The zero-order valence-electron chi connectivity index (χ0n) is 13.3. The van der Waals surface area contributed by atoms with Crippen molar-refractivity contribution < 1.29 is 4.79 Å². The van der Waals surface area contributed by atoms with Crippen LogP contribution in [0.25, 0.3) is 0 Å². The van der Waals surface area contributed by atoms with Crippen molar-refractivity contribution in [3.8, 4) is 6.07 Å². The van der Waals surface area contributed by atoms with E-state index in [0.717, 1.165) is 30.9 Å². The number of carbonyl (C=O) groups excluding carboxylic acids is 1. The molecule has 22 heavy (non-hydrogen) atoms. The fourth-order valence-corrected chi connectivity index (χ4v) is 3.01. The molecule has 6 heteroatoms. The van der Waals surface area contributed by atoms with Crippen LogP contribution in [0.2, 0.25) is 0 Å². The van der Waals surface area contributed by atoms with Crippen molar-refractivity contribution >= 4 is 5.91 Å². The Morgan fingerprint density at radius 1 is 1.45 bits per heavy atom. The highest BCUT2D eigenvalue weighted by atomic mass is 16.2. The molecular weight excluding hydrogens is 280 g/mol. The van der Waals surface area contributed by atoms with E-state index in [4.69, 9.17) is 5.26 Å². The molecule has 0 radical (unpaired) electrons. The second-order valence-corrected chi connectivity index (χ2v) is 5.81. The summed E-state index contributed by atoms with van der Waals surface area (Å²) in [5, 5.41) is 12.3. The van der Waals surface area contributed by atoms with Gasteiger partial charge in [-0.1, -0.05) is 0 Å². The van der Waals surface area contributed by atoms with E-state index in [-0.39, 0.29) is 23.1 Å². The molecule has 0 aliphatic carbocycles. The quantitative estimate of drug-likeness (QED) is 0.856. The number of carbonyl (C=O) groups is 1. The van der Waals surface area contributed by atoms with Gasteiger partial charge in [-0.2, -0.15) is 5.26 Å². The summed E-state index contributed by atoms with van der Waals surface area (Å²) in [5.41, 5.74) is 2.10. The highest BCUT2D eigenvalue weighted by Crippen LogP contribution is 2.16. The van der Waals surface area contributed by atoms with E-state index < -0.39 is 0 Å². The van der Waals surface area contributed by atoms with Gasteiger partial charge in [-0.15, -0.1) is 0 Å². The van der Waals surface area contributed by atoms with E-state index >= 15 is 0 Å². The van der Waals surface area contributed by atoms with Crippen LogP contribution in [0.15, 0.2) is 4.79 Å². The lowest BCUT2D eigenvalue weighted by Crippen LogP contribution is -2.52. The fraction of sp³-hybridized carbons (Fsp3) is 0.562. The average Bonchev–Trinajstić information content (AvgIpc) is 2.47. The maximum atomic E-state index is 12.4. The first kappa shape index (κ1) is 16.2. The molecule has 6 nitrogen and oxygen atoms in total. The topological polar surface area (TPSA) is 89.0 Å². The van der Waals surface area contributed by atoms with Crippen LogP contribution >= 0.6 is 0 Å². The van der Waals surface area contributed by atoms with Crippen LogP contribution in [0, 0.1) is 25.2 Å². The molecule has 2 N–H and O–H groups in total. The highest BCUT2D eigenvalue weighted by molar-refractivity contribution is 5.77. The summed E-state index contributed by atoms with van der Waals surface area (Å²) in [4.78, 5) is 28.7. The lowest BCUT2D eigenvalue weighted by molar-refractivity contribution is -0.133. The summed E-state index contributed by atoms with van der Waals surface area (Å²) >= 11 is 0. The molecule has 1 aromatic rings. The van der Waals surface area contributed by atoms with Gasteiger partial charge in [-0.3, -0.25) is 9.59 Å². The molecular formula is C16H22N4O2. The molecule has 1 atom stereocenters. The van der Waals surface area contributed by atoms with Gasteiger partial charge in [0.15, 0.2) is 0 Å². The molecule has 1 aliphatic rings. The molecule has 1 fully saturated rings. The van der Waals surface area contributed by atoms with E-state index in [1.807, 2.05) is 24.8 Å². The number of amides is 1. The smallest absolute Gasteiger partial charge is 0.266 e. The van der Waals surface area contributed by atoms with Crippen LogP contribution in [0.3, 0.4) is 0 Å². The minimum Gasteiger partial charge on any atom is -0.337 e. The number of piperazine rings is 1.